The van der Waals surface area contributed by atoms with Crippen molar-refractivity contribution in [3.05, 3.63) is 28.8 Å². The first-order valence-corrected chi connectivity index (χ1v) is 7.80. The fourth-order valence-electron chi connectivity index (χ4n) is 3.41. The molecule has 1 saturated heterocycles. The van der Waals surface area contributed by atoms with Gasteiger partial charge in [0.15, 0.2) is 0 Å². The van der Waals surface area contributed by atoms with Crippen LogP contribution in [0.3, 0.4) is 0 Å². The summed E-state index contributed by atoms with van der Waals surface area (Å²) in [6, 6.07) is 4.88. The van der Waals surface area contributed by atoms with Crippen LogP contribution < -0.4 is 4.74 Å². The van der Waals surface area contributed by atoms with Crippen molar-refractivity contribution in [3.8, 4) is 5.75 Å². The molecule has 1 spiro atoms. The molecule has 3 rings (SSSR count). The summed E-state index contributed by atoms with van der Waals surface area (Å²) in [5, 5.41) is 9.40. The lowest BCUT2D eigenvalue weighted by molar-refractivity contribution is -0.0509. The lowest BCUT2D eigenvalue weighted by Gasteiger charge is -2.24. The van der Waals surface area contributed by atoms with Gasteiger partial charge in [-0.05, 0) is 37.8 Å². The standard InChI is InChI=1S/C16H19ClO4/c17-12-4-3-5-13(14(12)15(18)19)20-10-11-6-9-16(21-11)7-1-2-8-16/h3-5,11H,1-2,6-10H2,(H,18,19). The molecule has 21 heavy (non-hydrogen) atoms. The Hall–Kier alpha value is -1.26. The van der Waals surface area contributed by atoms with Gasteiger partial charge in [0.25, 0.3) is 0 Å². The van der Waals surface area contributed by atoms with Crippen LogP contribution in [0.25, 0.3) is 0 Å². The zero-order valence-electron chi connectivity index (χ0n) is 11.8. The van der Waals surface area contributed by atoms with E-state index >= 15 is 0 Å². The van der Waals surface area contributed by atoms with E-state index in [4.69, 9.17) is 21.1 Å². The Morgan fingerprint density at radius 1 is 1.38 bits per heavy atom. The van der Waals surface area contributed by atoms with Crippen LogP contribution in [0.15, 0.2) is 18.2 Å². The van der Waals surface area contributed by atoms with Gasteiger partial charge in [-0.25, -0.2) is 4.79 Å². The van der Waals surface area contributed by atoms with Gasteiger partial charge in [0.2, 0.25) is 0 Å². The molecule has 1 heterocycles. The van der Waals surface area contributed by atoms with Crippen molar-refractivity contribution in [2.75, 3.05) is 6.61 Å². The molecule has 2 fully saturated rings. The highest BCUT2D eigenvalue weighted by molar-refractivity contribution is 6.33. The molecule has 1 aromatic rings. The summed E-state index contributed by atoms with van der Waals surface area (Å²) < 4.78 is 11.8. The second kappa shape index (κ2) is 5.85. The van der Waals surface area contributed by atoms with Gasteiger partial charge < -0.3 is 14.6 Å². The van der Waals surface area contributed by atoms with Crippen LogP contribution >= 0.6 is 11.6 Å². The number of benzene rings is 1. The Balaban J connectivity index is 1.64. The van der Waals surface area contributed by atoms with Gasteiger partial charge in [0, 0.05) is 0 Å². The first-order valence-electron chi connectivity index (χ1n) is 7.42. The van der Waals surface area contributed by atoms with Gasteiger partial charge in [0.05, 0.1) is 16.7 Å². The lowest BCUT2D eigenvalue weighted by atomic mass is 9.98. The van der Waals surface area contributed by atoms with Gasteiger partial charge in [-0.15, -0.1) is 0 Å². The fourth-order valence-corrected chi connectivity index (χ4v) is 3.66. The van der Waals surface area contributed by atoms with Crippen molar-refractivity contribution in [1.82, 2.24) is 0 Å². The molecule has 4 nitrogen and oxygen atoms in total. The molecule has 1 aliphatic carbocycles. The van der Waals surface area contributed by atoms with Crippen molar-refractivity contribution in [1.29, 1.82) is 0 Å². The molecule has 1 N–H and O–H groups in total. The monoisotopic (exact) mass is 310 g/mol. The minimum absolute atomic E-state index is 0.0211. The van der Waals surface area contributed by atoms with E-state index in [1.54, 1.807) is 18.2 Å². The third-order valence-corrected chi connectivity index (χ3v) is 4.78. The highest BCUT2D eigenvalue weighted by Crippen LogP contribution is 2.43. The molecule has 114 valence electrons. The number of rotatable bonds is 4. The Labute approximate surface area is 129 Å². The second-order valence-electron chi connectivity index (χ2n) is 5.90. The molecule has 1 aromatic carbocycles. The third-order valence-electron chi connectivity index (χ3n) is 4.47. The van der Waals surface area contributed by atoms with Crippen LogP contribution in [-0.4, -0.2) is 29.4 Å². The van der Waals surface area contributed by atoms with Crippen molar-refractivity contribution in [2.45, 2.75) is 50.2 Å². The van der Waals surface area contributed by atoms with E-state index < -0.39 is 5.97 Å². The average Bonchev–Trinajstić information content (AvgIpc) is 3.07. The highest BCUT2D eigenvalue weighted by atomic mass is 35.5. The molecule has 0 amide bonds. The maximum Gasteiger partial charge on any atom is 0.341 e. The van der Waals surface area contributed by atoms with Crippen LogP contribution in [0.1, 0.15) is 48.9 Å². The molecule has 2 aliphatic rings. The molecule has 0 bridgehead atoms. The Morgan fingerprint density at radius 3 is 2.86 bits per heavy atom. The van der Waals surface area contributed by atoms with E-state index in [2.05, 4.69) is 0 Å². The largest absolute Gasteiger partial charge is 0.490 e. The second-order valence-corrected chi connectivity index (χ2v) is 6.30. The molecule has 1 aliphatic heterocycles. The van der Waals surface area contributed by atoms with E-state index in [0.29, 0.717) is 12.4 Å². The first-order chi connectivity index (χ1) is 10.1. The number of carboxylic acid groups (broad SMARTS) is 1. The topological polar surface area (TPSA) is 55.8 Å². The lowest BCUT2D eigenvalue weighted by Crippen LogP contribution is -2.27. The molecular formula is C16H19ClO4. The SMILES string of the molecule is O=C(O)c1c(Cl)cccc1OCC1CCC2(CCCC2)O1. The van der Waals surface area contributed by atoms with E-state index in [-0.39, 0.29) is 22.3 Å². The summed E-state index contributed by atoms with van der Waals surface area (Å²) in [6.45, 7) is 0.377. The predicted molar refractivity (Wildman–Crippen MR) is 79.2 cm³/mol. The maximum absolute atomic E-state index is 11.2. The summed E-state index contributed by atoms with van der Waals surface area (Å²) in [4.78, 5) is 11.2. The van der Waals surface area contributed by atoms with Crippen molar-refractivity contribution < 1.29 is 19.4 Å². The van der Waals surface area contributed by atoms with Gasteiger partial charge in [0.1, 0.15) is 17.9 Å². The van der Waals surface area contributed by atoms with E-state index in [1.807, 2.05) is 0 Å². The summed E-state index contributed by atoms with van der Waals surface area (Å²) in [6.07, 6.45) is 6.87. The Bertz CT molecular complexity index is 537. The van der Waals surface area contributed by atoms with Crippen LogP contribution in [-0.2, 0) is 4.74 Å². The predicted octanol–water partition coefficient (Wildman–Crippen LogP) is 3.91. The summed E-state index contributed by atoms with van der Waals surface area (Å²) in [5.74, 6) is -0.763. The molecule has 5 heteroatoms. The average molecular weight is 311 g/mol. The minimum atomic E-state index is -1.07. The number of carboxylic acids is 1. The third kappa shape index (κ3) is 3.01. The summed E-state index contributed by atoms with van der Waals surface area (Å²) >= 11 is 5.93. The summed E-state index contributed by atoms with van der Waals surface area (Å²) in [7, 11) is 0. The van der Waals surface area contributed by atoms with Gasteiger partial charge in [-0.2, -0.15) is 0 Å². The maximum atomic E-state index is 11.2. The van der Waals surface area contributed by atoms with Crippen molar-refractivity contribution in [2.24, 2.45) is 0 Å². The molecular weight excluding hydrogens is 292 g/mol. The first kappa shape index (κ1) is 14.7. The number of hydrogen-bond acceptors (Lipinski definition) is 3. The Morgan fingerprint density at radius 2 is 2.14 bits per heavy atom. The number of ether oxygens (including phenoxy) is 2. The van der Waals surface area contributed by atoms with Crippen LogP contribution in [0.5, 0.6) is 5.75 Å². The number of aromatic carboxylic acids is 1. The number of hydrogen-bond donors (Lipinski definition) is 1. The molecule has 1 atom stereocenters. The van der Waals surface area contributed by atoms with Crippen molar-refractivity contribution >= 4 is 17.6 Å². The Kier molecular flexibility index (Phi) is 4.09. The highest BCUT2D eigenvalue weighted by Gasteiger charge is 2.42. The zero-order valence-corrected chi connectivity index (χ0v) is 12.6. The van der Waals surface area contributed by atoms with Gasteiger partial charge in [-0.3, -0.25) is 0 Å². The van der Waals surface area contributed by atoms with E-state index in [1.165, 1.54) is 12.8 Å². The van der Waals surface area contributed by atoms with Crippen LogP contribution in [0, 0.1) is 0 Å². The van der Waals surface area contributed by atoms with E-state index in [9.17, 15) is 9.90 Å². The van der Waals surface area contributed by atoms with Crippen LogP contribution in [0.2, 0.25) is 5.02 Å². The number of carbonyl (C=O) groups is 1. The molecule has 1 unspecified atom stereocenters. The number of halogens is 1. The summed E-state index contributed by atoms with van der Waals surface area (Å²) in [5.41, 5.74) is 0.0885. The van der Waals surface area contributed by atoms with Gasteiger partial charge in [-0.1, -0.05) is 30.5 Å². The fraction of sp³-hybridized carbons (Fsp3) is 0.562. The van der Waals surface area contributed by atoms with Gasteiger partial charge >= 0.3 is 5.97 Å². The van der Waals surface area contributed by atoms with Crippen molar-refractivity contribution in [3.63, 3.8) is 0 Å². The quantitative estimate of drug-likeness (QED) is 0.916. The smallest absolute Gasteiger partial charge is 0.341 e. The molecule has 1 saturated carbocycles. The van der Waals surface area contributed by atoms with E-state index in [0.717, 1.165) is 25.7 Å². The minimum Gasteiger partial charge on any atom is -0.490 e. The molecule has 0 radical (unpaired) electrons. The van der Waals surface area contributed by atoms with Crippen LogP contribution in [0.4, 0.5) is 0 Å². The normalized spacial score (nSPS) is 23.6. The zero-order chi connectivity index (χ0) is 14.9. The molecule has 0 aromatic heterocycles.